The summed E-state index contributed by atoms with van der Waals surface area (Å²) < 4.78 is 14.9. The Morgan fingerprint density at radius 1 is 1.27 bits per heavy atom. The second kappa shape index (κ2) is 7.13. The van der Waals surface area contributed by atoms with Crippen LogP contribution in [0, 0.1) is 0 Å². The Labute approximate surface area is 131 Å². The zero-order chi connectivity index (χ0) is 16.1. The fourth-order valence-corrected chi connectivity index (χ4v) is 1.96. The van der Waals surface area contributed by atoms with Gasteiger partial charge in [0.1, 0.15) is 16.9 Å². The molecule has 1 heterocycles. The molecule has 0 radical (unpaired) electrons. The summed E-state index contributed by atoms with van der Waals surface area (Å²) in [5.41, 5.74) is -0.756. The highest BCUT2D eigenvalue weighted by atomic mass is 32.1. The van der Waals surface area contributed by atoms with E-state index in [1.165, 1.54) is 12.1 Å². The first-order valence-electron chi connectivity index (χ1n) is 6.61. The number of fused-ring (bicyclic) bond motifs is 1. The average molecular weight is 322 g/mol. The number of hydrogen-bond donors (Lipinski definition) is 1. The average Bonchev–Trinajstić information content (AvgIpc) is 2.46. The van der Waals surface area contributed by atoms with Crippen LogP contribution in [0.1, 0.15) is 23.7 Å². The highest BCUT2D eigenvalue weighted by Gasteiger charge is 2.15. The first kappa shape index (κ1) is 16.1. The first-order chi connectivity index (χ1) is 10.5. The third kappa shape index (κ3) is 3.67. The van der Waals surface area contributed by atoms with Crippen LogP contribution in [0.5, 0.6) is 5.75 Å². The number of ether oxygens (including phenoxy) is 2. The lowest BCUT2D eigenvalue weighted by molar-refractivity contribution is -0.133. The molecular weight excluding hydrogens is 308 g/mol. The Hall–Kier alpha value is -2.28. The monoisotopic (exact) mass is 322 g/mol. The lowest BCUT2D eigenvalue weighted by Crippen LogP contribution is -2.16. The van der Waals surface area contributed by atoms with Crippen molar-refractivity contribution in [3.05, 3.63) is 40.2 Å². The summed E-state index contributed by atoms with van der Waals surface area (Å²) in [4.78, 5) is 34.8. The summed E-state index contributed by atoms with van der Waals surface area (Å²) >= 11 is 3.94. The van der Waals surface area contributed by atoms with E-state index in [1.807, 2.05) is 0 Å². The van der Waals surface area contributed by atoms with Crippen LogP contribution in [0.3, 0.4) is 0 Å². The Morgan fingerprint density at radius 3 is 2.73 bits per heavy atom. The maximum absolute atomic E-state index is 11.8. The van der Waals surface area contributed by atoms with E-state index in [9.17, 15) is 14.4 Å². The summed E-state index contributed by atoms with van der Waals surface area (Å²) in [5, 5.41) is 0.525. The molecule has 0 spiro atoms. The number of rotatable bonds is 5. The minimum atomic E-state index is -0.801. The van der Waals surface area contributed by atoms with Crippen LogP contribution in [0.4, 0.5) is 0 Å². The van der Waals surface area contributed by atoms with E-state index in [0.29, 0.717) is 11.1 Å². The molecule has 0 saturated heterocycles. The van der Waals surface area contributed by atoms with Crippen molar-refractivity contribution in [1.82, 2.24) is 0 Å². The van der Waals surface area contributed by atoms with Gasteiger partial charge in [0.05, 0.1) is 13.0 Å². The van der Waals surface area contributed by atoms with Gasteiger partial charge in [-0.2, -0.15) is 12.6 Å². The Balaban J connectivity index is 2.35. The van der Waals surface area contributed by atoms with E-state index in [-0.39, 0.29) is 29.9 Å². The maximum Gasteiger partial charge on any atom is 0.351 e. The predicted octanol–water partition coefficient (Wildman–Crippen LogP) is 2.20. The van der Waals surface area contributed by atoms with E-state index < -0.39 is 17.6 Å². The van der Waals surface area contributed by atoms with Gasteiger partial charge < -0.3 is 13.9 Å². The smallest absolute Gasteiger partial charge is 0.351 e. The number of carbonyl (C=O) groups excluding carboxylic acids is 2. The van der Waals surface area contributed by atoms with Gasteiger partial charge in [0, 0.05) is 17.2 Å². The molecule has 0 atom stereocenters. The van der Waals surface area contributed by atoms with Crippen molar-refractivity contribution in [3.8, 4) is 5.75 Å². The van der Waals surface area contributed by atoms with Crippen LogP contribution < -0.4 is 10.4 Å². The second-order valence-corrected chi connectivity index (χ2v) is 4.76. The van der Waals surface area contributed by atoms with Crippen molar-refractivity contribution in [2.75, 3.05) is 12.4 Å². The summed E-state index contributed by atoms with van der Waals surface area (Å²) in [5.74, 6) is -0.529. The maximum atomic E-state index is 11.8. The van der Waals surface area contributed by atoms with Gasteiger partial charge in [-0.1, -0.05) is 0 Å². The van der Waals surface area contributed by atoms with Gasteiger partial charge in [-0.05, 0) is 25.1 Å². The zero-order valence-electron chi connectivity index (χ0n) is 11.8. The molecule has 0 bridgehead atoms. The number of carbonyl (C=O) groups is 2. The van der Waals surface area contributed by atoms with Gasteiger partial charge in [0.25, 0.3) is 0 Å². The molecule has 0 aliphatic rings. The molecule has 0 unspecified atom stereocenters. The third-order valence-corrected chi connectivity index (χ3v) is 2.97. The lowest BCUT2D eigenvalue weighted by atomic mass is 10.2. The molecule has 6 nitrogen and oxygen atoms in total. The number of benzene rings is 1. The van der Waals surface area contributed by atoms with Gasteiger partial charge in [-0.25, -0.2) is 9.59 Å². The summed E-state index contributed by atoms with van der Waals surface area (Å²) in [6, 6.07) is 5.94. The van der Waals surface area contributed by atoms with Crippen LogP contribution in [-0.2, 0) is 9.53 Å². The fraction of sp³-hybridized carbons (Fsp3) is 0.267. The minimum absolute atomic E-state index is 0.163. The molecule has 0 saturated carbocycles. The van der Waals surface area contributed by atoms with Gasteiger partial charge in [0.15, 0.2) is 0 Å². The molecule has 0 N–H and O–H groups in total. The molecule has 0 amide bonds. The van der Waals surface area contributed by atoms with Crippen LogP contribution in [0.15, 0.2) is 33.5 Å². The van der Waals surface area contributed by atoms with Crippen molar-refractivity contribution in [1.29, 1.82) is 0 Å². The van der Waals surface area contributed by atoms with Crippen LogP contribution in [0.2, 0.25) is 0 Å². The second-order valence-electron chi connectivity index (χ2n) is 4.32. The van der Waals surface area contributed by atoms with Gasteiger partial charge >= 0.3 is 17.6 Å². The van der Waals surface area contributed by atoms with Crippen LogP contribution in [0.25, 0.3) is 11.0 Å². The molecule has 1 aromatic carbocycles. The molecule has 0 aliphatic carbocycles. The lowest BCUT2D eigenvalue weighted by Gasteiger charge is -2.05. The topological polar surface area (TPSA) is 82.8 Å². The van der Waals surface area contributed by atoms with E-state index >= 15 is 0 Å². The third-order valence-electron chi connectivity index (χ3n) is 2.75. The number of hydrogen-bond acceptors (Lipinski definition) is 7. The first-order valence-corrected chi connectivity index (χ1v) is 7.25. The van der Waals surface area contributed by atoms with Crippen molar-refractivity contribution < 1.29 is 23.5 Å². The van der Waals surface area contributed by atoms with E-state index in [1.54, 1.807) is 19.1 Å². The summed E-state index contributed by atoms with van der Waals surface area (Å²) in [6.07, 6.45) is 0.174. The molecule has 0 fully saturated rings. The van der Waals surface area contributed by atoms with Gasteiger partial charge in [-0.3, -0.25) is 4.79 Å². The van der Waals surface area contributed by atoms with Crippen molar-refractivity contribution >= 4 is 35.5 Å². The van der Waals surface area contributed by atoms with Crippen LogP contribution in [-0.4, -0.2) is 24.3 Å². The Bertz CT molecular complexity index is 764. The zero-order valence-corrected chi connectivity index (χ0v) is 12.7. The highest BCUT2D eigenvalue weighted by Crippen LogP contribution is 2.21. The Kier molecular flexibility index (Phi) is 5.21. The molecule has 1 aromatic heterocycles. The minimum Gasteiger partial charge on any atom is -0.462 e. The predicted molar refractivity (Wildman–Crippen MR) is 82.5 cm³/mol. The largest absolute Gasteiger partial charge is 0.462 e. The highest BCUT2D eigenvalue weighted by molar-refractivity contribution is 7.80. The SMILES string of the molecule is CCOC(=O)c1cc2ccc(OC(=O)CCS)cc2oc1=O. The molecular formula is C15H14O6S. The van der Waals surface area contributed by atoms with Crippen molar-refractivity contribution in [2.45, 2.75) is 13.3 Å². The van der Waals surface area contributed by atoms with Crippen LogP contribution >= 0.6 is 12.6 Å². The molecule has 22 heavy (non-hydrogen) atoms. The Morgan fingerprint density at radius 2 is 2.05 bits per heavy atom. The van der Waals surface area contributed by atoms with E-state index in [4.69, 9.17) is 13.9 Å². The van der Waals surface area contributed by atoms with Gasteiger partial charge in [0.2, 0.25) is 0 Å². The molecule has 0 aliphatic heterocycles. The normalized spacial score (nSPS) is 10.5. The molecule has 2 aromatic rings. The van der Waals surface area contributed by atoms with Crippen molar-refractivity contribution in [3.63, 3.8) is 0 Å². The standard InChI is InChI=1S/C15H14O6S/c1-2-19-14(17)11-7-9-3-4-10(20-13(16)5-6-22)8-12(9)21-15(11)18/h3-4,7-8,22H,2,5-6H2,1H3. The molecule has 116 valence electrons. The van der Waals surface area contributed by atoms with E-state index in [2.05, 4.69) is 12.6 Å². The summed E-state index contributed by atoms with van der Waals surface area (Å²) in [7, 11) is 0. The number of thiol groups is 1. The van der Waals surface area contributed by atoms with Crippen molar-refractivity contribution in [2.24, 2.45) is 0 Å². The van der Waals surface area contributed by atoms with E-state index in [0.717, 1.165) is 0 Å². The molecule has 2 rings (SSSR count). The summed E-state index contributed by atoms with van der Waals surface area (Å²) in [6.45, 7) is 1.81. The van der Waals surface area contributed by atoms with Gasteiger partial charge in [-0.15, -0.1) is 0 Å². The number of esters is 2. The fourth-order valence-electron chi connectivity index (χ4n) is 1.78. The molecule has 7 heteroatoms. The quantitative estimate of drug-likeness (QED) is 0.393.